The Balaban J connectivity index is 1.59. The van der Waals surface area contributed by atoms with Crippen LogP contribution < -0.4 is 10.5 Å². The summed E-state index contributed by atoms with van der Waals surface area (Å²) in [7, 11) is 1.93. The SMILES string of the molecule is C[C@H]1CN(COOCc2cc(F)c(Oc3ccnc(C(F)(F)F)c3)c(F)c2)/C(=C\CN)N1C. The van der Waals surface area contributed by atoms with E-state index in [1.165, 1.54) is 0 Å². The molecule has 0 radical (unpaired) electrons. The first-order valence-electron chi connectivity index (χ1n) is 9.91. The van der Waals surface area contributed by atoms with Gasteiger partial charge in [-0.05, 0) is 36.8 Å². The van der Waals surface area contributed by atoms with E-state index < -0.39 is 35.0 Å². The smallest absolute Gasteiger partial charge is 0.433 e. The van der Waals surface area contributed by atoms with E-state index in [0.717, 1.165) is 30.2 Å². The van der Waals surface area contributed by atoms with Crippen LogP contribution in [0.3, 0.4) is 0 Å². The number of hydrogen-bond acceptors (Lipinski definition) is 7. The van der Waals surface area contributed by atoms with E-state index in [9.17, 15) is 22.0 Å². The summed E-state index contributed by atoms with van der Waals surface area (Å²) in [5, 5.41) is 0. The molecule has 2 aromatic rings. The number of benzene rings is 1. The summed E-state index contributed by atoms with van der Waals surface area (Å²) < 4.78 is 72.0. The van der Waals surface area contributed by atoms with Crippen LogP contribution in [0.25, 0.3) is 0 Å². The predicted molar refractivity (Wildman–Crippen MR) is 107 cm³/mol. The van der Waals surface area contributed by atoms with Crippen molar-refractivity contribution in [3.05, 3.63) is 65.3 Å². The minimum atomic E-state index is -4.72. The van der Waals surface area contributed by atoms with Gasteiger partial charge in [-0.15, -0.1) is 0 Å². The third-order valence-corrected chi connectivity index (χ3v) is 4.95. The van der Waals surface area contributed by atoms with Gasteiger partial charge < -0.3 is 20.3 Å². The standard InChI is InChI=1S/C21H23F5N4O3/c1-13-10-30(19(3-5-27)29(13)2)12-32-31-11-14-7-16(22)20(17(23)8-14)33-15-4-6-28-18(9-15)21(24,25)26/h3-4,6-9,13H,5,10-12,27H2,1-2H3/b19-3-/t13-/m0/s1. The molecular formula is C21H23F5N4O3. The normalized spacial score (nSPS) is 17.8. The van der Waals surface area contributed by atoms with Crippen molar-refractivity contribution in [1.29, 1.82) is 0 Å². The van der Waals surface area contributed by atoms with E-state index in [2.05, 4.69) is 4.98 Å². The average Bonchev–Trinajstić information content (AvgIpc) is 3.01. The average molecular weight is 474 g/mol. The summed E-state index contributed by atoms with van der Waals surface area (Å²) in [6, 6.07) is 3.74. The molecule has 12 heteroatoms. The van der Waals surface area contributed by atoms with Crippen molar-refractivity contribution in [2.45, 2.75) is 25.7 Å². The van der Waals surface area contributed by atoms with Gasteiger partial charge in [0, 0.05) is 38.4 Å². The Hall–Kier alpha value is -2.96. The molecule has 180 valence electrons. The molecule has 1 aromatic heterocycles. The van der Waals surface area contributed by atoms with Crippen LogP contribution in [0.2, 0.25) is 0 Å². The molecule has 1 aliphatic heterocycles. The second-order valence-corrected chi connectivity index (χ2v) is 7.35. The molecule has 0 amide bonds. The van der Waals surface area contributed by atoms with E-state index >= 15 is 0 Å². The highest BCUT2D eigenvalue weighted by Crippen LogP contribution is 2.33. The Morgan fingerprint density at radius 3 is 2.52 bits per heavy atom. The van der Waals surface area contributed by atoms with Crippen LogP contribution in [0.15, 0.2) is 42.4 Å². The van der Waals surface area contributed by atoms with Crippen molar-refractivity contribution in [2.75, 3.05) is 26.9 Å². The number of nitrogens with two attached hydrogens (primary N) is 1. The predicted octanol–water partition coefficient (Wildman–Crippen LogP) is 4.01. The Morgan fingerprint density at radius 1 is 1.18 bits per heavy atom. The molecule has 2 N–H and O–H groups in total. The molecule has 3 rings (SSSR count). The highest BCUT2D eigenvalue weighted by Gasteiger charge is 2.33. The van der Waals surface area contributed by atoms with E-state index in [-0.39, 0.29) is 24.9 Å². The third-order valence-electron chi connectivity index (χ3n) is 4.95. The Morgan fingerprint density at radius 2 is 1.88 bits per heavy atom. The van der Waals surface area contributed by atoms with Crippen molar-refractivity contribution in [3.63, 3.8) is 0 Å². The molecule has 1 fully saturated rings. The summed E-state index contributed by atoms with van der Waals surface area (Å²) in [6.45, 7) is 2.89. The van der Waals surface area contributed by atoms with Crippen LogP contribution >= 0.6 is 0 Å². The van der Waals surface area contributed by atoms with Gasteiger partial charge in [0.25, 0.3) is 0 Å². The van der Waals surface area contributed by atoms with Crippen LogP contribution in [-0.4, -0.2) is 47.7 Å². The van der Waals surface area contributed by atoms with E-state index in [4.69, 9.17) is 20.2 Å². The van der Waals surface area contributed by atoms with Gasteiger partial charge in [-0.1, -0.05) is 0 Å². The number of likely N-dealkylation sites (N-methyl/N-ethyl adjacent to an activating group) is 1. The Bertz CT molecular complexity index is 979. The number of hydrogen-bond donors (Lipinski definition) is 1. The first-order valence-corrected chi connectivity index (χ1v) is 9.91. The molecule has 1 saturated heterocycles. The van der Waals surface area contributed by atoms with Crippen LogP contribution in [0.1, 0.15) is 18.2 Å². The number of aromatic nitrogens is 1. The summed E-state index contributed by atoms with van der Waals surface area (Å²) in [4.78, 5) is 17.4. The van der Waals surface area contributed by atoms with Crippen LogP contribution in [0, 0.1) is 11.6 Å². The molecule has 0 bridgehead atoms. The molecule has 0 unspecified atom stereocenters. The second kappa shape index (κ2) is 10.3. The quantitative estimate of drug-likeness (QED) is 0.268. The van der Waals surface area contributed by atoms with E-state index in [1.54, 1.807) is 0 Å². The van der Waals surface area contributed by atoms with Gasteiger partial charge in [0.2, 0.25) is 0 Å². The molecule has 1 aromatic carbocycles. The van der Waals surface area contributed by atoms with Gasteiger partial charge >= 0.3 is 6.18 Å². The minimum absolute atomic E-state index is 0.0796. The molecule has 0 aliphatic carbocycles. The zero-order chi connectivity index (χ0) is 24.2. The molecule has 1 aliphatic rings. The zero-order valence-electron chi connectivity index (χ0n) is 17.9. The number of pyridine rings is 1. The number of halogens is 5. The molecule has 1 atom stereocenters. The van der Waals surface area contributed by atoms with Gasteiger partial charge in [-0.25, -0.2) is 18.6 Å². The maximum absolute atomic E-state index is 14.4. The summed E-state index contributed by atoms with van der Waals surface area (Å²) in [5.74, 6) is -2.58. The first-order chi connectivity index (χ1) is 15.6. The lowest BCUT2D eigenvalue weighted by Crippen LogP contribution is -2.25. The highest BCUT2D eigenvalue weighted by atomic mass is 19.4. The molecular weight excluding hydrogens is 451 g/mol. The fourth-order valence-electron chi connectivity index (χ4n) is 3.23. The molecule has 0 saturated carbocycles. The number of rotatable bonds is 8. The van der Waals surface area contributed by atoms with Gasteiger partial charge in [0.1, 0.15) is 23.9 Å². The largest absolute Gasteiger partial charge is 0.451 e. The molecule has 0 spiro atoms. The Kier molecular flexibility index (Phi) is 7.72. The van der Waals surface area contributed by atoms with Crippen molar-refractivity contribution in [3.8, 4) is 11.5 Å². The fraction of sp³-hybridized carbons (Fsp3) is 0.381. The Labute approximate surface area is 187 Å². The van der Waals surface area contributed by atoms with Crippen LogP contribution in [0.5, 0.6) is 11.5 Å². The van der Waals surface area contributed by atoms with E-state index in [1.807, 2.05) is 29.8 Å². The third kappa shape index (κ3) is 6.09. The molecule has 33 heavy (non-hydrogen) atoms. The van der Waals surface area contributed by atoms with Gasteiger partial charge in [-0.3, -0.25) is 4.98 Å². The van der Waals surface area contributed by atoms with Crippen molar-refractivity contribution >= 4 is 0 Å². The van der Waals surface area contributed by atoms with Crippen molar-refractivity contribution < 1.29 is 36.5 Å². The molecule has 7 nitrogen and oxygen atoms in total. The number of ether oxygens (including phenoxy) is 1. The second-order valence-electron chi connectivity index (χ2n) is 7.35. The van der Waals surface area contributed by atoms with E-state index in [0.29, 0.717) is 19.2 Å². The molecule has 2 heterocycles. The van der Waals surface area contributed by atoms with Crippen molar-refractivity contribution in [1.82, 2.24) is 14.8 Å². The van der Waals surface area contributed by atoms with Gasteiger partial charge in [-0.2, -0.15) is 13.2 Å². The van der Waals surface area contributed by atoms with Crippen LogP contribution in [-0.2, 0) is 22.6 Å². The highest BCUT2D eigenvalue weighted by molar-refractivity contribution is 5.36. The summed E-state index contributed by atoms with van der Waals surface area (Å²) in [6.07, 6.45) is -2.04. The summed E-state index contributed by atoms with van der Waals surface area (Å²) in [5.41, 5.74) is 4.45. The first kappa shape index (κ1) is 24.7. The lowest BCUT2D eigenvalue weighted by molar-refractivity contribution is -0.320. The zero-order valence-corrected chi connectivity index (χ0v) is 17.9. The number of nitrogens with zero attached hydrogens (tertiary/aromatic N) is 3. The maximum Gasteiger partial charge on any atom is 0.433 e. The number of alkyl halides is 3. The monoisotopic (exact) mass is 474 g/mol. The fourth-order valence-corrected chi connectivity index (χ4v) is 3.23. The van der Waals surface area contributed by atoms with Gasteiger partial charge in [0.05, 0.1) is 0 Å². The maximum atomic E-state index is 14.4. The topological polar surface area (TPSA) is 73.1 Å². The van der Waals surface area contributed by atoms with Crippen LogP contribution in [0.4, 0.5) is 22.0 Å². The lowest BCUT2D eigenvalue weighted by Gasteiger charge is -2.22. The summed E-state index contributed by atoms with van der Waals surface area (Å²) >= 11 is 0. The van der Waals surface area contributed by atoms with Gasteiger partial charge in [0.15, 0.2) is 24.1 Å². The van der Waals surface area contributed by atoms with Crippen molar-refractivity contribution in [2.24, 2.45) is 5.73 Å². The lowest BCUT2D eigenvalue weighted by atomic mass is 10.2. The minimum Gasteiger partial charge on any atom is -0.451 e.